The molecule has 0 radical (unpaired) electrons. The first-order chi connectivity index (χ1) is 9.61. The lowest BCUT2D eigenvalue weighted by Gasteiger charge is -2.11. The smallest absolute Gasteiger partial charge is 0.376 e. The fourth-order valence-corrected chi connectivity index (χ4v) is 1.72. The van der Waals surface area contributed by atoms with Crippen LogP contribution in [-0.4, -0.2) is 39.8 Å². The van der Waals surface area contributed by atoms with Crippen LogP contribution in [0, 0.1) is 13.8 Å². The van der Waals surface area contributed by atoms with Crippen LogP contribution in [0.5, 0.6) is 0 Å². The molecule has 0 fully saturated rings. The Kier molecular flexibility index (Phi) is 4.29. The van der Waals surface area contributed by atoms with Crippen LogP contribution in [0.2, 0.25) is 0 Å². The molecule has 7 nitrogen and oxygen atoms in total. The predicted octanol–water partition coefficient (Wildman–Crippen LogP) is 1.26. The number of rotatable bonds is 5. The summed E-state index contributed by atoms with van der Waals surface area (Å²) in [4.78, 5) is 19.8. The molecule has 7 heteroatoms. The number of hydrogen-bond acceptors (Lipinski definition) is 6. The first-order valence-electron chi connectivity index (χ1n) is 6.27. The molecule has 2 heterocycles. The van der Waals surface area contributed by atoms with Crippen molar-refractivity contribution in [1.82, 2.24) is 20.2 Å². The number of aromatic nitrogens is 4. The summed E-state index contributed by atoms with van der Waals surface area (Å²) in [6.45, 7) is 4.44. The number of carbonyl (C=O) groups excluding carboxylic acids is 1. The molecular weight excluding hydrogens is 258 g/mol. The number of anilines is 1. The molecule has 2 aromatic rings. The molecule has 2 N–H and O–H groups in total. The topological polar surface area (TPSA) is 92.8 Å². The van der Waals surface area contributed by atoms with Gasteiger partial charge in [0.1, 0.15) is 5.82 Å². The van der Waals surface area contributed by atoms with Crippen molar-refractivity contribution in [2.24, 2.45) is 0 Å². The van der Waals surface area contributed by atoms with Crippen LogP contribution in [-0.2, 0) is 11.2 Å². The molecule has 106 valence electrons. The Morgan fingerprint density at radius 3 is 2.85 bits per heavy atom. The van der Waals surface area contributed by atoms with Gasteiger partial charge in [-0.25, -0.2) is 14.8 Å². The van der Waals surface area contributed by atoms with Crippen molar-refractivity contribution in [1.29, 1.82) is 0 Å². The second kappa shape index (κ2) is 6.14. The highest BCUT2D eigenvalue weighted by atomic mass is 16.5. The number of methoxy groups -OCH3 is 1. The van der Waals surface area contributed by atoms with E-state index in [-0.39, 0.29) is 5.82 Å². The van der Waals surface area contributed by atoms with Crippen molar-refractivity contribution in [2.75, 3.05) is 19.0 Å². The van der Waals surface area contributed by atoms with Crippen molar-refractivity contribution in [2.45, 2.75) is 20.3 Å². The fourth-order valence-electron chi connectivity index (χ4n) is 1.72. The number of esters is 1. The molecule has 0 atom stereocenters. The van der Waals surface area contributed by atoms with Crippen LogP contribution >= 0.6 is 0 Å². The van der Waals surface area contributed by atoms with E-state index < -0.39 is 5.97 Å². The van der Waals surface area contributed by atoms with Gasteiger partial charge in [-0.3, -0.25) is 5.10 Å². The minimum absolute atomic E-state index is 0.0708. The number of nitrogens with zero attached hydrogens (tertiary/aromatic N) is 3. The molecule has 0 aromatic carbocycles. The Balaban J connectivity index is 2.09. The van der Waals surface area contributed by atoms with E-state index in [1.807, 2.05) is 20.0 Å². The third kappa shape index (κ3) is 3.11. The quantitative estimate of drug-likeness (QED) is 0.798. The molecule has 0 saturated heterocycles. The second-order valence-corrected chi connectivity index (χ2v) is 4.38. The van der Waals surface area contributed by atoms with Crippen LogP contribution < -0.4 is 5.32 Å². The van der Waals surface area contributed by atoms with Gasteiger partial charge in [0.2, 0.25) is 5.82 Å². The van der Waals surface area contributed by atoms with E-state index in [9.17, 15) is 4.79 Å². The molecule has 0 aliphatic carbocycles. The van der Waals surface area contributed by atoms with Crippen molar-refractivity contribution >= 4 is 11.8 Å². The SMILES string of the molecule is COC(=O)c1nc(C)c(C)c(NCCc2cn[nH]c2)n1. The highest BCUT2D eigenvalue weighted by molar-refractivity contribution is 5.85. The molecule has 0 amide bonds. The average Bonchev–Trinajstić information content (AvgIpc) is 2.95. The van der Waals surface area contributed by atoms with Gasteiger partial charge in [0.15, 0.2) is 0 Å². The lowest BCUT2D eigenvalue weighted by molar-refractivity contribution is 0.0586. The highest BCUT2D eigenvalue weighted by Gasteiger charge is 2.14. The van der Waals surface area contributed by atoms with E-state index in [1.165, 1.54) is 7.11 Å². The number of aryl methyl sites for hydroxylation is 1. The van der Waals surface area contributed by atoms with Gasteiger partial charge >= 0.3 is 5.97 Å². The zero-order valence-corrected chi connectivity index (χ0v) is 11.7. The fraction of sp³-hybridized carbons (Fsp3) is 0.385. The summed E-state index contributed by atoms with van der Waals surface area (Å²) in [6, 6.07) is 0. The second-order valence-electron chi connectivity index (χ2n) is 4.38. The van der Waals surface area contributed by atoms with Gasteiger partial charge in [0, 0.05) is 24.0 Å². The van der Waals surface area contributed by atoms with E-state index >= 15 is 0 Å². The van der Waals surface area contributed by atoms with Crippen LogP contribution in [0.4, 0.5) is 5.82 Å². The maximum atomic E-state index is 11.5. The lowest BCUT2D eigenvalue weighted by atomic mass is 10.2. The number of ether oxygens (including phenoxy) is 1. The standard InChI is InChI=1S/C13H17N5O2/c1-8-9(2)17-12(13(19)20-3)18-11(8)14-5-4-10-6-15-16-7-10/h6-7H,4-5H2,1-3H3,(H,15,16)(H,14,17,18). The Morgan fingerprint density at radius 1 is 1.40 bits per heavy atom. The molecule has 0 bridgehead atoms. The molecule has 0 unspecified atom stereocenters. The molecule has 0 saturated carbocycles. The van der Waals surface area contributed by atoms with Gasteiger partial charge in [0.25, 0.3) is 0 Å². The third-order valence-corrected chi connectivity index (χ3v) is 3.02. The van der Waals surface area contributed by atoms with E-state index in [0.29, 0.717) is 12.4 Å². The van der Waals surface area contributed by atoms with Gasteiger partial charge in [-0.2, -0.15) is 5.10 Å². The normalized spacial score (nSPS) is 10.3. The largest absolute Gasteiger partial charge is 0.463 e. The van der Waals surface area contributed by atoms with Crippen LogP contribution in [0.25, 0.3) is 0 Å². The van der Waals surface area contributed by atoms with E-state index in [1.54, 1.807) is 6.20 Å². The monoisotopic (exact) mass is 275 g/mol. The maximum absolute atomic E-state index is 11.5. The van der Waals surface area contributed by atoms with Crippen molar-refractivity contribution < 1.29 is 9.53 Å². The predicted molar refractivity (Wildman–Crippen MR) is 73.6 cm³/mol. The maximum Gasteiger partial charge on any atom is 0.376 e. The molecule has 0 spiro atoms. The van der Waals surface area contributed by atoms with E-state index in [0.717, 1.165) is 23.2 Å². The summed E-state index contributed by atoms with van der Waals surface area (Å²) < 4.78 is 4.65. The Labute approximate surface area is 116 Å². The van der Waals surface area contributed by atoms with Gasteiger partial charge in [0.05, 0.1) is 13.3 Å². The minimum atomic E-state index is -0.536. The first kappa shape index (κ1) is 14.0. The van der Waals surface area contributed by atoms with Gasteiger partial charge in [-0.1, -0.05) is 0 Å². The first-order valence-corrected chi connectivity index (χ1v) is 6.27. The van der Waals surface area contributed by atoms with Gasteiger partial charge in [-0.05, 0) is 25.8 Å². The van der Waals surface area contributed by atoms with Crippen molar-refractivity contribution in [3.8, 4) is 0 Å². The van der Waals surface area contributed by atoms with E-state index in [4.69, 9.17) is 0 Å². The molecular formula is C13H17N5O2. The zero-order chi connectivity index (χ0) is 14.5. The summed E-state index contributed by atoms with van der Waals surface area (Å²) in [5, 5.41) is 9.87. The molecule has 20 heavy (non-hydrogen) atoms. The number of aromatic amines is 1. The number of hydrogen-bond donors (Lipinski definition) is 2. The summed E-state index contributed by atoms with van der Waals surface area (Å²) in [7, 11) is 1.31. The minimum Gasteiger partial charge on any atom is -0.463 e. The number of H-pyrrole nitrogens is 1. The third-order valence-electron chi connectivity index (χ3n) is 3.02. The lowest BCUT2D eigenvalue weighted by Crippen LogP contribution is -2.14. The zero-order valence-electron chi connectivity index (χ0n) is 11.7. The molecule has 2 aromatic heterocycles. The highest BCUT2D eigenvalue weighted by Crippen LogP contribution is 2.15. The summed E-state index contributed by atoms with van der Waals surface area (Å²) >= 11 is 0. The Bertz CT molecular complexity index is 595. The van der Waals surface area contributed by atoms with Gasteiger partial charge < -0.3 is 10.1 Å². The Hall–Kier alpha value is -2.44. The average molecular weight is 275 g/mol. The van der Waals surface area contributed by atoms with E-state index in [2.05, 4.69) is 30.2 Å². The van der Waals surface area contributed by atoms with Crippen LogP contribution in [0.3, 0.4) is 0 Å². The van der Waals surface area contributed by atoms with Gasteiger partial charge in [-0.15, -0.1) is 0 Å². The number of nitrogens with one attached hydrogen (secondary N) is 2. The van der Waals surface area contributed by atoms with Crippen LogP contribution in [0.1, 0.15) is 27.4 Å². The van der Waals surface area contributed by atoms with Crippen LogP contribution in [0.15, 0.2) is 12.4 Å². The Morgan fingerprint density at radius 2 is 2.20 bits per heavy atom. The molecule has 0 aliphatic rings. The summed E-state index contributed by atoms with van der Waals surface area (Å²) in [5.41, 5.74) is 2.78. The number of carbonyl (C=O) groups is 1. The summed E-state index contributed by atoms with van der Waals surface area (Å²) in [5.74, 6) is 0.189. The molecule has 0 aliphatic heterocycles. The summed E-state index contributed by atoms with van der Waals surface area (Å²) in [6.07, 6.45) is 4.44. The van der Waals surface area contributed by atoms with Crippen molar-refractivity contribution in [3.05, 3.63) is 35.0 Å². The molecule has 2 rings (SSSR count). The van der Waals surface area contributed by atoms with Crippen molar-refractivity contribution in [3.63, 3.8) is 0 Å².